The Morgan fingerprint density at radius 3 is 2.24 bits per heavy atom. The first-order chi connectivity index (χ1) is 28.4. The third kappa shape index (κ3) is 7.14. The van der Waals surface area contributed by atoms with Gasteiger partial charge < -0.3 is 14.7 Å². The number of pyridine rings is 1. The predicted octanol–water partition coefficient (Wildman–Crippen LogP) is 5.01. The number of nitrogens with one attached hydrogen (secondary N) is 1. The van der Waals surface area contributed by atoms with Gasteiger partial charge in [0.05, 0.1) is 29.8 Å². The number of rotatable bonds is 7. The number of Topliss-reactive ketones (excluding diaryl/α,β-unsaturated/α-hetero) is 1. The predicted molar refractivity (Wildman–Crippen MR) is 218 cm³/mol. The van der Waals surface area contributed by atoms with Crippen LogP contribution in [0.5, 0.6) is 0 Å². The van der Waals surface area contributed by atoms with Crippen molar-refractivity contribution >= 4 is 64.1 Å². The summed E-state index contributed by atoms with van der Waals surface area (Å²) in [4.78, 5) is 95.3. The molecule has 6 aliphatic rings. The van der Waals surface area contributed by atoms with E-state index in [-0.39, 0.29) is 53.5 Å². The van der Waals surface area contributed by atoms with Crippen molar-refractivity contribution in [3.8, 4) is 0 Å². The van der Waals surface area contributed by atoms with Crippen molar-refractivity contribution in [3.63, 3.8) is 0 Å². The number of carbonyl (C=O) groups excluding carboxylic acids is 6. The highest BCUT2D eigenvalue weighted by Crippen LogP contribution is 2.46. The Kier molecular flexibility index (Phi) is 10.00. The zero-order valence-electron chi connectivity index (χ0n) is 32.9. The number of piperidine rings is 3. The van der Waals surface area contributed by atoms with E-state index in [9.17, 15) is 28.8 Å². The Bertz CT molecular complexity index is 2280. The van der Waals surface area contributed by atoms with Crippen molar-refractivity contribution < 1.29 is 28.8 Å². The van der Waals surface area contributed by atoms with Crippen molar-refractivity contribution in [3.05, 3.63) is 92.9 Å². The Hall–Kier alpha value is -5.65. The number of hydrogen-bond donors (Lipinski definition) is 1. The van der Waals surface area contributed by atoms with Gasteiger partial charge in [-0.3, -0.25) is 43.9 Å². The van der Waals surface area contributed by atoms with Gasteiger partial charge in [-0.2, -0.15) is 0 Å². The fourth-order valence-electron chi connectivity index (χ4n) is 10.2. The molecule has 5 amide bonds. The van der Waals surface area contributed by atoms with E-state index in [2.05, 4.69) is 26.9 Å². The molecule has 15 heteroatoms. The smallest absolute Gasteiger partial charge is 0.262 e. The summed E-state index contributed by atoms with van der Waals surface area (Å²) < 4.78 is 0. The zero-order chi connectivity index (χ0) is 41.2. The molecule has 0 aliphatic carbocycles. The Morgan fingerprint density at radius 1 is 0.932 bits per heavy atom. The normalized spacial score (nSPS) is 23.1. The maximum Gasteiger partial charge on any atom is 0.262 e. The first-order valence-electron chi connectivity index (χ1n) is 20.5. The van der Waals surface area contributed by atoms with Gasteiger partial charge in [-0.05, 0) is 98.4 Å². The first-order valence-corrected chi connectivity index (χ1v) is 20.8. The number of amides is 5. The van der Waals surface area contributed by atoms with Crippen LogP contribution in [-0.2, 0) is 27.5 Å². The lowest BCUT2D eigenvalue weighted by Gasteiger charge is -2.40. The van der Waals surface area contributed by atoms with Crippen molar-refractivity contribution in [1.29, 1.82) is 0 Å². The van der Waals surface area contributed by atoms with Crippen LogP contribution in [-0.4, -0.2) is 106 Å². The lowest BCUT2D eigenvalue weighted by atomic mass is 9.77. The molecule has 9 rings (SSSR count). The fourth-order valence-corrected chi connectivity index (χ4v) is 10.4. The second-order valence-electron chi connectivity index (χ2n) is 17.1. The number of nitrogens with zero attached hydrogens (tertiary/aromatic N) is 7. The van der Waals surface area contributed by atoms with Gasteiger partial charge in [0.2, 0.25) is 17.5 Å². The highest BCUT2D eigenvalue weighted by molar-refractivity contribution is 6.33. The fraction of sp³-hybridized carbons (Fsp3) is 0.455. The highest BCUT2D eigenvalue weighted by atomic mass is 35.5. The molecule has 14 nitrogen and oxygen atoms in total. The molecule has 6 aliphatic heterocycles. The molecule has 2 aromatic carbocycles. The summed E-state index contributed by atoms with van der Waals surface area (Å²) >= 11 is 6.37. The molecule has 0 bridgehead atoms. The van der Waals surface area contributed by atoms with Crippen molar-refractivity contribution in [1.82, 2.24) is 25.0 Å². The molecule has 2 atom stereocenters. The van der Waals surface area contributed by atoms with Crippen molar-refractivity contribution in [2.45, 2.75) is 77.0 Å². The minimum Gasteiger partial charge on any atom is -0.368 e. The number of imide groups is 2. The lowest BCUT2D eigenvalue weighted by molar-refractivity contribution is -0.136. The van der Waals surface area contributed by atoms with E-state index < -0.39 is 29.7 Å². The molecule has 1 aromatic heterocycles. The van der Waals surface area contributed by atoms with Crippen LogP contribution in [0.3, 0.4) is 0 Å². The quantitative estimate of drug-likeness (QED) is 0.255. The van der Waals surface area contributed by atoms with Crippen LogP contribution < -0.4 is 15.1 Å². The van der Waals surface area contributed by atoms with Gasteiger partial charge in [-0.25, -0.2) is 9.83 Å². The van der Waals surface area contributed by atoms with Crippen LogP contribution in [0.25, 0.3) is 4.85 Å². The van der Waals surface area contributed by atoms with Gasteiger partial charge in [-0.1, -0.05) is 17.7 Å². The minimum atomic E-state index is -1.01. The number of anilines is 2. The molecule has 59 heavy (non-hydrogen) atoms. The highest BCUT2D eigenvalue weighted by Gasteiger charge is 2.46. The van der Waals surface area contributed by atoms with Crippen molar-refractivity contribution in [2.24, 2.45) is 11.3 Å². The number of fused-ring (bicyclic) bond motifs is 2. The second kappa shape index (κ2) is 15.2. The summed E-state index contributed by atoms with van der Waals surface area (Å²) in [5, 5.41) is 2.71. The number of benzene rings is 2. The minimum absolute atomic E-state index is 0.0619. The number of hydrogen-bond acceptors (Lipinski definition) is 10. The molecule has 0 radical (unpaired) electrons. The third-order valence-corrected chi connectivity index (χ3v) is 13.8. The number of aromatic nitrogens is 1. The summed E-state index contributed by atoms with van der Waals surface area (Å²) in [5.41, 5.74) is 4.51. The molecule has 0 saturated carbocycles. The van der Waals surface area contributed by atoms with E-state index in [1.807, 2.05) is 29.2 Å². The SMILES string of the molecule is [C-]#[N+]c1ccc(N2CC3(CCN(c4ccc(C(=O)N5CCC(C(=O)CN6Cc7cc8c(cc7C6)C(=O)N(C6CCC(=O)NC6=O)C8=O)CC5)cn4)CC3)C[C@@H]2C)cc1Cl. The molecular weight excluding hydrogens is 772 g/mol. The molecule has 4 fully saturated rings. The molecule has 1 spiro atoms. The molecule has 4 saturated heterocycles. The van der Waals surface area contributed by atoms with Gasteiger partial charge in [0, 0.05) is 81.1 Å². The lowest BCUT2D eigenvalue weighted by Crippen LogP contribution is -2.54. The summed E-state index contributed by atoms with van der Waals surface area (Å²) in [6, 6.07) is 12.3. The molecule has 304 valence electrons. The molecule has 3 aromatic rings. The van der Waals surface area contributed by atoms with E-state index in [0.29, 0.717) is 61.3 Å². The average Bonchev–Trinajstić information content (AvgIpc) is 3.86. The number of halogens is 1. The first kappa shape index (κ1) is 38.8. The zero-order valence-corrected chi connectivity index (χ0v) is 33.7. The van der Waals surface area contributed by atoms with E-state index >= 15 is 0 Å². The monoisotopic (exact) mass is 816 g/mol. The van der Waals surface area contributed by atoms with Crippen LogP contribution >= 0.6 is 11.6 Å². The maximum absolute atomic E-state index is 13.5. The Morgan fingerprint density at radius 2 is 1.63 bits per heavy atom. The summed E-state index contributed by atoms with van der Waals surface area (Å²) in [6.07, 6.45) is 6.17. The maximum atomic E-state index is 13.5. The Labute approximate surface area is 347 Å². The van der Waals surface area contributed by atoms with Crippen LogP contribution in [0.2, 0.25) is 5.02 Å². The second-order valence-corrected chi connectivity index (χ2v) is 17.5. The number of likely N-dealkylation sites (tertiary alicyclic amines) is 1. The third-order valence-electron chi connectivity index (χ3n) is 13.5. The van der Waals surface area contributed by atoms with Crippen LogP contribution in [0.1, 0.15) is 94.1 Å². The van der Waals surface area contributed by atoms with Gasteiger partial charge >= 0.3 is 0 Å². The van der Waals surface area contributed by atoms with E-state index in [0.717, 1.165) is 66.4 Å². The molecular formula is C44H45ClN8O6. The average molecular weight is 817 g/mol. The largest absolute Gasteiger partial charge is 0.368 e. The van der Waals surface area contributed by atoms with Crippen LogP contribution in [0.4, 0.5) is 17.2 Å². The summed E-state index contributed by atoms with van der Waals surface area (Å²) in [6.45, 7) is 14.4. The van der Waals surface area contributed by atoms with Crippen LogP contribution in [0.15, 0.2) is 48.7 Å². The van der Waals surface area contributed by atoms with Crippen molar-refractivity contribution in [2.75, 3.05) is 49.1 Å². The van der Waals surface area contributed by atoms with E-state index in [4.69, 9.17) is 23.2 Å². The number of ketones is 1. The summed E-state index contributed by atoms with van der Waals surface area (Å²) in [7, 11) is 0. The Balaban J connectivity index is 0.739. The molecule has 7 heterocycles. The summed E-state index contributed by atoms with van der Waals surface area (Å²) in [5.74, 6) is -1.41. The molecule has 1 unspecified atom stereocenters. The van der Waals surface area contributed by atoms with Gasteiger partial charge in [0.1, 0.15) is 17.6 Å². The van der Waals surface area contributed by atoms with E-state index in [1.54, 1.807) is 29.3 Å². The van der Waals surface area contributed by atoms with Crippen LogP contribution in [0, 0.1) is 17.9 Å². The topological polar surface area (TPSA) is 148 Å². The van der Waals surface area contributed by atoms with Gasteiger partial charge in [-0.15, -0.1) is 0 Å². The van der Waals surface area contributed by atoms with Gasteiger partial charge in [0.15, 0.2) is 0 Å². The molecule has 1 N–H and O–H groups in total. The van der Waals surface area contributed by atoms with Gasteiger partial charge in [0.25, 0.3) is 17.7 Å². The number of carbonyl (C=O) groups is 6. The van der Waals surface area contributed by atoms with E-state index in [1.165, 1.54) is 0 Å². The standard InChI is InChI=1S/C44H45ClN8O6/c1-26-20-44(25-52(26)31-4-5-35(46-2)34(45)19-31)11-15-50(16-12-44)38-7-3-28(21-47-38)41(57)51-13-9-27(10-14-51)37(54)24-49-22-29-17-32-33(18-30(29)23-49)43(59)53(42(32)58)36-6-8-39(55)48-40(36)56/h3-5,7,17-19,21,26-27,36H,6,8-16,20,22-25H2,1H3,(H,48,55,56)/t26-,36?/m0/s1.